The van der Waals surface area contributed by atoms with Crippen molar-refractivity contribution in [3.8, 4) is 0 Å². The number of benzene rings is 1. The van der Waals surface area contributed by atoms with Gasteiger partial charge in [-0.15, -0.1) is 23.1 Å². The molecule has 0 aliphatic heterocycles. The van der Waals surface area contributed by atoms with E-state index >= 15 is 0 Å². The summed E-state index contributed by atoms with van der Waals surface area (Å²) in [6.45, 7) is 2.24. The van der Waals surface area contributed by atoms with Gasteiger partial charge in [0.2, 0.25) is 0 Å². The van der Waals surface area contributed by atoms with Gasteiger partial charge in [0, 0.05) is 16.8 Å². The van der Waals surface area contributed by atoms with Crippen LogP contribution in [0.5, 0.6) is 0 Å². The first-order valence-corrected chi connectivity index (χ1v) is 12.9. The molecular weight excluding hydrogens is 453 g/mol. The molecule has 7 heteroatoms. The molecule has 30 heavy (non-hydrogen) atoms. The summed E-state index contributed by atoms with van der Waals surface area (Å²) >= 11 is 15.7. The van der Waals surface area contributed by atoms with Crippen LogP contribution in [0.2, 0.25) is 10.0 Å². The molecule has 0 N–H and O–H groups in total. The Labute approximate surface area is 194 Å². The molecular formula is C23H21Cl2N3S2. The molecule has 0 saturated heterocycles. The molecule has 0 bridgehead atoms. The lowest BCUT2D eigenvalue weighted by Gasteiger charge is -2.08. The van der Waals surface area contributed by atoms with Crippen molar-refractivity contribution in [2.24, 2.45) is 0 Å². The Morgan fingerprint density at radius 3 is 2.80 bits per heavy atom. The van der Waals surface area contributed by atoms with E-state index in [0.717, 1.165) is 50.7 Å². The summed E-state index contributed by atoms with van der Waals surface area (Å²) in [5, 5.41) is 3.44. The van der Waals surface area contributed by atoms with Crippen molar-refractivity contribution in [1.82, 2.24) is 15.0 Å². The first-order valence-electron chi connectivity index (χ1n) is 10.3. The van der Waals surface area contributed by atoms with Crippen LogP contribution in [-0.2, 0) is 25.0 Å². The smallest absolute Gasteiger partial charge is 0.126 e. The number of aryl methyl sites for hydroxylation is 2. The number of nitrogens with zero attached hydrogens (tertiary/aromatic N) is 3. The van der Waals surface area contributed by atoms with Crippen LogP contribution in [-0.4, -0.2) is 15.0 Å². The number of unbranched alkanes of at least 4 members (excludes halogenated alkanes) is 1. The number of thioether (sulfide) groups is 1. The van der Waals surface area contributed by atoms with Gasteiger partial charge < -0.3 is 0 Å². The molecule has 0 radical (unpaired) electrons. The third-order valence-corrected chi connectivity index (χ3v) is 8.66. The van der Waals surface area contributed by atoms with Gasteiger partial charge in [0.1, 0.15) is 16.2 Å². The summed E-state index contributed by atoms with van der Waals surface area (Å²) in [7, 11) is 0. The Morgan fingerprint density at radius 2 is 1.97 bits per heavy atom. The molecule has 0 fully saturated rings. The first-order chi connectivity index (χ1) is 14.7. The van der Waals surface area contributed by atoms with Gasteiger partial charge in [-0.25, -0.2) is 15.0 Å². The number of halogens is 2. The molecule has 1 aliphatic carbocycles. The van der Waals surface area contributed by atoms with Gasteiger partial charge in [-0.2, -0.15) is 0 Å². The fourth-order valence-electron chi connectivity index (χ4n) is 4.19. The number of thiophene rings is 1. The highest BCUT2D eigenvalue weighted by atomic mass is 35.5. The van der Waals surface area contributed by atoms with E-state index < -0.39 is 0 Å². The predicted octanol–water partition coefficient (Wildman–Crippen LogP) is 7.67. The lowest BCUT2D eigenvalue weighted by Crippen LogP contribution is -1.98. The second kappa shape index (κ2) is 8.62. The first kappa shape index (κ1) is 20.5. The summed E-state index contributed by atoms with van der Waals surface area (Å²) in [5.41, 5.74) is 6.47. The number of hydrogen-bond acceptors (Lipinski definition) is 5. The third-order valence-electron chi connectivity index (χ3n) is 5.65. The van der Waals surface area contributed by atoms with Crippen LogP contribution < -0.4 is 0 Å². The van der Waals surface area contributed by atoms with E-state index in [-0.39, 0.29) is 0 Å². The minimum atomic E-state index is 0.582. The van der Waals surface area contributed by atoms with Gasteiger partial charge in [0.05, 0.1) is 20.3 Å². The largest absolute Gasteiger partial charge is 0.242 e. The van der Waals surface area contributed by atoms with Crippen molar-refractivity contribution in [3.05, 3.63) is 57.0 Å². The highest BCUT2D eigenvalue weighted by molar-refractivity contribution is 7.98. The van der Waals surface area contributed by atoms with Crippen LogP contribution in [0, 0.1) is 0 Å². The fraction of sp³-hybridized carbons (Fsp3) is 0.348. The minimum absolute atomic E-state index is 0.582. The van der Waals surface area contributed by atoms with Gasteiger partial charge >= 0.3 is 0 Å². The molecule has 0 spiro atoms. The Kier molecular flexibility index (Phi) is 5.89. The van der Waals surface area contributed by atoms with E-state index in [0.29, 0.717) is 10.0 Å². The van der Waals surface area contributed by atoms with E-state index in [1.165, 1.54) is 41.5 Å². The zero-order valence-electron chi connectivity index (χ0n) is 16.7. The Morgan fingerprint density at radius 1 is 1.10 bits per heavy atom. The van der Waals surface area contributed by atoms with Crippen molar-refractivity contribution >= 4 is 66.7 Å². The van der Waals surface area contributed by atoms with E-state index in [2.05, 4.69) is 16.9 Å². The molecule has 1 aliphatic rings. The monoisotopic (exact) mass is 473 g/mol. The van der Waals surface area contributed by atoms with Gasteiger partial charge in [-0.1, -0.05) is 42.6 Å². The lowest BCUT2D eigenvalue weighted by molar-refractivity contribution is 0.770. The molecule has 3 aromatic heterocycles. The van der Waals surface area contributed by atoms with Crippen LogP contribution in [0.15, 0.2) is 29.6 Å². The van der Waals surface area contributed by atoms with Crippen molar-refractivity contribution in [1.29, 1.82) is 0 Å². The summed E-state index contributed by atoms with van der Waals surface area (Å²) < 4.78 is 1.15. The van der Waals surface area contributed by atoms with E-state index in [9.17, 15) is 0 Å². The molecule has 154 valence electrons. The SMILES string of the molecule is CCCCc1nc2sc3c(SCc4ccc(Cl)c(Cl)c4)ncnc3c2c2c1CCC2. The second-order valence-electron chi connectivity index (χ2n) is 7.65. The van der Waals surface area contributed by atoms with Gasteiger partial charge in [0.15, 0.2) is 0 Å². The van der Waals surface area contributed by atoms with E-state index in [1.807, 2.05) is 18.2 Å². The standard InChI is InChI=1S/C23H21Cl2N3S2/c1-2-3-7-18-14-5-4-6-15(14)19-20-21(30-22(19)28-18)23(27-12-26-20)29-11-13-8-9-16(24)17(25)10-13/h8-10,12H,2-7,11H2,1H3. The van der Waals surface area contributed by atoms with Crippen LogP contribution in [0.4, 0.5) is 0 Å². The molecule has 0 amide bonds. The lowest BCUT2D eigenvalue weighted by atomic mass is 10.0. The van der Waals surface area contributed by atoms with Crippen LogP contribution in [0.3, 0.4) is 0 Å². The van der Waals surface area contributed by atoms with Gasteiger partial charge in [-0.3, -0.25) is 0 Å². The molecule has 0 atom stereocenters. The van der Waals surface area contributed by atoms with Crippen LogP contribution in [0.1, 0.15) is 48.6 Å². The number of pyridine rings is 1. The minimum Gasteiger partial charge on any atom is -0.242 e. The highest BCUT2D eigenvalue weighted by Crippen LogP contribution is 2.42. The quantitative estimate of drug-likeness (QED) is 0.212. The fourth-order valence-corrected chi connectivity index (χ4v) is 6.71. The molecule has 3 heterocycles. The topological polar surface area (TPSA) is 38.7 Å². The maximum atomic E-state index is 6.18. The summed E-state index contributed by atoms with van der Waals surface area (Å²) in [5.74, 6) is 0.782. The van der Waals surface area contributed by atoms with E-state index in [1.54, 1.807) is 29.4 Å². The molecule has 4 aromatic rings. The Bertz CT molecular complexity index is 1250. The number of aromatic nitrogens is 3. The third kappa shape index (κ3) is 3.70. The molecule has 3 nitrogen and oxygen atoms in total. The second-order valence-corrected chi connectivity index (χ2v) is 10.4. The van der Waals surface area contributed by atoms with Crippen molar-refractivity contribution in [2.75, 3.05) is 0 Å². The summed E-state index contributed by atoms with van der Waals surface area (Å²) in [6.07, 6.45) is 8.66. The maximum Gasteiger partial charge on any atom is 0.126 e. The predicted molar refractivity (Wildman–Crippen MR) is 129 cm³/mol. The molecule has 0 saturated carbocycles. The molecule has 1 aromatic carbocycles. The van der Waals surface area contributed by atoms with Gasteiger partial charge in [-0.05, 0) is 60.9 Å². The van der Waals surface area contributed by atoms with Gasteiger partial charge in [0.25, 0.3) is 0 Å². The average molecular weight is 474 g/mol. The zero-order valence-corrected chi connectivity index (χ0v) is 19.8. The van der Waals surface area contributed by atoms with Crippen molar-refractivity contribution in [2.45, 2.75) is 56.2 Å². The molecule has 5 rings (SSSR count). The average Bonchev–Trinajstić information content (AvgIpc) is 3.37. The van der Waals surface area contributed by atoms with Crippen molar-refractivity contribution < 1.29 is 0 Å². The zero-order chi connectivity index (χ0) is 20.7. The number of hydrogen-bond donors (Lipinski definition) is 0. The Balaban J connectivity index is 1.56. The summed E-state index contributed by atoms with van der Waals surface area (Å²) in [6, 6.07) is 5.79. The summed E-state index contributed by atoms with van der Waals surface area (Å²) in [4.78, 5) is 15.5. The van der Waals surface area contributed by atoms with E-state index in [4.69, 9.17) is 28.2 Å². The number of rotatable bonds is 6. The van der Waals surface area contributed by atoms with Crippen molar-refractivity contribution in [3.63, 3.8) is 0 Å². The molecule has 0 unspecified atom stereocenters. The highest BCUT2D eigenvalue weighted by Gasteiger charge is 2.24. The maximum absolute atomic E-state index is 6.18. The normalized spacial score (nSPS) is 13.4. The Hall–Kier alpha value is -1.40. The number of fused-ring (bicyclic) bond motifs is 5. The van der Waals surface area contributed by atoms with Crippen LogP contribution in [0.25, 0.3) is 20.4 Å². The van der Waals surface area contributed by atoms with Crippen LogP contribution >= 0.6 is 46.3 Å².